The van der Waals surface area contributed by atoms with Gasteiger partial charge in [0, 0.05) is 19.2 Å². The van der Waals surface area contributed by atoms with Crippen molar-refractivity contribution in [3.63, 3.8) is 0 Å². The van der Waals surface area contributed by atoms with E-state index in [-0.39, 0.29) is 24.7 Å². The summed E-state index contributed by atoms with van der Waals surface area (Å²) in [5.41, 5.74) is -0.0798. The number of anilines is 2. The molecule has 1 rings (SSSR count). The Morgan fingerprint density at radius 2 is 2.21 bits per heavy atom. The Balaban J connectivity index is 2.66. The molecule has 0 aliphatic rings. The van der Waals surface area contributed by atoms with Crippen molar-refractivity contribution in [3.05, 3.63) is 22.2 Å². The molecule has 0 spiro atoms. The molecule has 0 atom stereocenters. The van der Waals surface area contributed by atoms with Gasteiger partial charge in [-0.1, -0.05) is 0 Å². The third-order valence-corrected chi connectivity index (χ3v) is 2.20. The fourth-order valence-corrected chi connectivity index (χ4v) is 1.42. The molecule has 0 saturated carbocycles. The van der Waals surface area contributed by atoms with Gasteiger partial charge in [-0.05, 0) is 13.0 Å². The van der Waals surface area contributed by atoms with Crippen LogP contribution in [0.3, 0.4) is 0 Å². The lowest BCUT2D eigenvalue weighted by Gasteiger charge is -2.09. The average Bonchev–Trinajstić information content (AvgIpc) is 2.39. The first-order chi connectivity index (χ1) is 9.19. The molecule has 8 nitrogen and oxygen atoms in total. The highest BCUT2D eigenvalue weighted by atomic mass is 16.6. The zero-order valence-corrected chi connectivity index (χ0v) is 10.8. The van der Waals surface area contributed by atoms with E-state index in [1.807, 2.05) is 6.92 Å². The van der Waals surface area contributed by atoms with Crippen LogP contribution in [0.1, 0.15) is 6.92 Å². The number of hydrogen-bond donors (Lipinski definition) is 3. The van der Waals surface area contributed by atoms with Crippen molar-refractivity contribution >= 4 is 17.3 Å². The second kappa shape index (κ2) is 8.22. The molecule has 1 heterocycles. The Bertz CT molecular complexity index is 414. The molecule has 0 radical (unpaired) electrons. The Kier molecular flexibility index (Phi) is 6.55. The van der Waals surface area contributed by atoms with Gasteiger partial charge < -0.3 is 20.5 Å². The van der Waals surface area contributed by atoms with Gasteiger partial charge in [0.25, 0.3) is 0 Å². The first-order valence-corrected chi connectivity index (χ1v) is 6.00. The number of rotatable bonds is 9. The molecule has 1 aromatic heterocycles. The molecule has 0 fully saturated rings. The first-order valence-electron chi connectivity index (χ1n) is 6.00. The van der Waals surface area contributed by atoms with Gasteiger partial charge in [-0.2, -0.15) is 0 Å². The van der Waals surface area contributed by atoms with Crippen molar-refractivity contribution in [2.24, 2.45) is 0 Å². The molecule has 106 valence electrons. The summed E-state index contributed by atoms with van der Waals surface area (Å²) in [5, 5.41) is 25.2. The maximum atomic E-state index is 10.9. The first kappa shape index (κ1) is 15.1. The van der Waals surface area contributed by atoms with Gasteiger partial charge >= 0.3 is 5.69 Å². The SMILES string of the molecule is CCNc1ccc([N+](=O)[O-])c(NCCOCCO)n1. The van der Waals surface area contributed by atoms with E-state index in [1.165, 1.54) is 6.07 Å². The van der Waals surface area contributed by atoms with Crippen LogP contribution >= 0.6 is 0 Å². The van der Waals surface area contributed by atoms with E-state index in [1.54, 1.807) is 6.07 Å². The van der Waals surface area contributed by atoms with E-state index in [4.69, 9.17) is 9.84 Å². The molecule has 0 bridgehead atoms. The molecule has 0 saturated heterocycles. The lowest BCUT2D eigenvalue weighted by atomic mass is 10.3. The Labute approximate surface area is 111 Å². The fraction of sp³-hybridized carbons (Fsp3) is 0.545. The highest BCUT2D eigenvalue weighted by Crippen LogP contribution is 2.23. The summed E-state index contributed by atoms with van der Waals surface area (Å²) in [5.74, 6) is 0.780. The van der Waals surface area contributed by atoms with Crippen LogP contribution < -0.4 is 10.6 Å². The molecule has 8 heteroatoms. The smallest absolute Gasteiger partial charge is 0.311 e. The molecular weight excluding hydrogens is 252 g/mol. The zero-order chi connectivity index (χ0) is 14.1. The van der Waals surface area contributed by atoms with E-state index < -0.39 is 4.92 Å². The number of aliphatic hydroxyl groups is 1. The second-order valence-electron chi connectivity index (χ2n) is 3.61. The van der Waals surface area contributed by atoms with Crippen LogP contribution in [-0.2, 0) is 4.74 Å². The molecule has 1 aromatic rings. The number of nitrogens with one attached hydrogen (secondary N) is 2. The minimum Gasteiger partial charge on any atom is -0.394 e. The Hall–Kier alpha value is -1.93. The number of hydrogen-bond acceptors (Lipinski definition) is 7. The number of aliphatic hydroxyl groups excluding tert-OH is 1. The Morgan fingerprint density at radius 1 is 1.42 bits per heavy atom. The highest BCUT2D eigenvalue weighted by molar-refractivity contribution is 5.60. The molecular formula is C11H18N4O4. The molecule has 0 aromatic carbocycles. The summed E-state index contributed by atoms with van der Waals surface area (Å²) in [6, 6.07) is 2.97. The lowest BCUT2D eigenvalue weighted by molar-refractivity contribution is -0.384. The van der Waals surface area contributed by atoms with Crippen molar-refractivity contribution < 1.29 is 14.8 Å². The number of nitro groups is 1. The van der Waals surface area contributed by atoms with Crippen molar-refractivity contribution in [3.8, 4) is 0 Å². The van der Waals surface area contributed by atoms with Crippen molar-refractivity contribution in [1.29, 1.82) is 0 Å². The van der Waals surface area contributed by atoms with Crippen LogP contribution in [0.2, 0.25) is 0 Å². The minimum atomic E-state index is -0.486. The van der Waals surface area contributed by atoms with Crippen LogP contribution in [0.25, 0.3) is 0 Å². The summed E-state index contributed by atoms with van der Waals surface area (Å²) in [6.45, 7) is 3.51. The van der Waals surface area contributed by atoms with Gasteiger partial charge in [0.1, 0.15) is 5.82 Å². The maximum Gasteiger partial charge on any atom is 0.311 e. The predicted octanol–water partition coefficient (Wildman–Crippen LogP) is 0.842. The topological polar surface area (TPSA) is 110 Å². The van der Waals surface area contributed by atoms with Gasteiger partial charge in [0.05, 0.1) is 24.7 Å². The fourth-order valence-electron chi connectivity index (χ4n) is 1.42. The average molecular weight is 270 g/mol. The van der Waals surface area contributed by atoms with Crippen LogP contribution in [0.15, 0.2) is 12.1 Å². The van der Waals surface area contributed by atoms with E-state index in [9.17, 15) is 10.1 Å². The summed E-state index contributed by atoms with van der Waals surface area (Å²) in [6.07, 6.45) is 0. The third-order valence-electron chi connectivity index (χ3n) is 2.20. The van der Waals surface area contributed by atoms with E-state index >= 15 is 0 Å². The molecule has 0 aliphatic carbocycles. The minimum absolute atomic E-state index is 0.0473. The van der Waals surface area contributed by atoms with Crippen molar-refractivity contribution in [1.82, 2.24) is 4.98 Å². The Morgan fingerprint density at radius 3 is 2.84 bits per heavy atom. The van der Waals surface area contributed by atoms with E-state index in [0.717, 1.165) is 0 Å². The van der Waals surface area contributed by atoms with Gasteiger partial charge in [-0.25, -0.2) is 4.98 Å². The van der Waals surface area contributed by atoms with Crippen LogP contribution in [-0.4, -0.2) is 47.9 Å². The predicted molar refractivity (Wildman–Crippen MR) is 71.4 cm³/mol. The van der Waals surface area contributed by atoms with Crippen LogP contribution in [0.4, 0.5) is 17.3 Å². The normalized spacial score (nSPS) is 10.2. The third kappa shape index (κ3) is 5.06. The van der Waals surface area contributed by atoms with E-state index in [0.29, 0.717) is 25.5 Å². The number of pyridine rings is 1. The lowest BCUT2D eigenvalue weighted by Crippen LogP contribution is -2.14. The molecule has 19 heavy (non-hydrogen) atoms. The van der Waals surface area contributed by atoms with Crippen LogP contribution in [0.5, 0.6) is 0 Å². The number of ether oxygens (including phenoxy) is 1. The number of nitrogens with zero attached hydrogens (tertiary/aromatic N) is 2. The van der Waals surface area contributed by atoms with Gasteiger partial charge in [0.15, 0.2) is 0 Å². The maximum absolute atomic E-state index is 10.9. The molecule has 0 amide bonds. The van der Waals surface area contributed by atoms with E-state index in [2.05, 4.69) is 15.6 Å². The van der Waals surface area contributed by atoms with Gasteiger partial charge in [-0.3, -0.25) is 10.1 Å². The zero-order valence-electron chi connectivity index (χ0n) is 10.8. The van der Waals surface area contributed by atoms with Crippen LogP contribution in [0, 0.1) is 10.1 Å². The van der Waals surface area contributed by atoms with Gasteiger partial charge in [-0.15, -0.1) is 0 Å². The van der Waals surface area contributed by atoms with Crippen molar-refractivity contribution in [2.75, 3.05) is 43.5 Å². The standard InChI is InChI=1S/C11H18N4O4/c1-2-12-10-4-3-9(15(17)18)11(14-10)13-5-7-19-8-6-16/h3-4,16H,2,5-8H2,1H3,(H2,12,13,14). The highest BCUT2D eigenvalue weighted by Gasteiger charge is 2.15. The van der Waals surface area contributed by atoms with Gasteiger partial charge in [0.2, 0.25) is 5.82 Å². The molecule has 3 N–H and O–H groups in total. The largest absolute Gasteiger partial charge is 0.394 e. The molecule has 0 aliphatic heterocycles. The second-order valence-corrected chi connectivity index (χ2v) is 3.61. The molecule has 0 unspecified atom stereocenters. The summed E-state index contributed by atoms with van der Waals surface area (Å²) in [4.78, 5) is 14.5. The number of aromatic nitrogens is 1. The monoisotopic (exact) mass is 270 g/mol. The quantitative estimate of drug-likeness (QED) is 0.346. The van der Waals surface area contributed by atoms with Crippen molar-refractivity contribution in [2.45, 2.75) is 6.92 Å². The summed E-state index contributed by atoms with van der Waals surface area (Å²) >= 11 is 0. The summed E-state index contributed by atoms with van der Waals surface area (Å²) < 4.78 is 5.06. The summed E-state index contributed by atoms with van der Waals surface area (Å²) in [7, 11) is 0.